The second kappa shape index (κ2) is 9.65. The fraction of sp³-hybridized carbons (Fsp3) is 0.667. The van der Waals surface area contributed by atoms with Gasteiger partial charge in [-0.05, 0) is 55.1 Å². The molecule has 0 unspecified atom stereocenters. The Hall–Kier alpha value is -1.66. The quantitative estimate of drug-likeness (QED) is 0.656. The van der Waals surface area contributed by atoms with Gasteiger partial charge in [0.1, 0.15) is 0 Å². The number of hydrogen-bond donors (Lipinski definition) is 2. The van der Waals surface area contributed by atoms with Gasteiger partial charge >= 0.3 is 0 Å². The first-order valence-corrected chi connectivity index (χ1v) is 11.9. The molecule has 1 spiro atoms. The van der Waals surface area contributed by atoms with Crippen molar-refractivity contribution in [3.63, 3.8) is 0 Å². The lowest BCUT2D eigenvalue weighted by molar-refractivity contribution is -0.134. The van der Waals surface area contributed by atoms with E-state index in [-0.39, 0.29) is 17.6 Å². The molecule has 2 atom stereocenters. The first kappa shape index (κ1) is 23.0. The number of carbonyl (C=O) groups is 1. The molecule has 5 nitrogen and oxygen atoms in total. The summed E-state index contributed by atoms with van der Waals surface area (Å²) in [5.74, 6) is 1.30. The Morgan fingerprint density at radius 3 is 2.60 bits per heavy atom. The summed E-state index contributed by atoms with van der Waals surface area (Å²) in [4.78, 5) is 17.7. The summed E-state index contributed by atoms with van der Waals surface area (Å²) >= 11 is 5.70. The van der Waals surface area contributed by atoms with E-state index < -0.39 is 0 Å². The third-order valence-electron chi connectivity index (χ3n) is 6.57. The highest BCUT2D eigenvalue weighted by atomic mass is 32.1. The summed E-state index contributed by atoms with van der Waals surface area (Å²) in [6.07, 6.45) is 3.79. The van der Waals surface area contributed by atoms with Gasteiger partial charge in [-0.1, -0.05) is 46.2 Å². The number of benzene rings is 1. The van der Waals surface area contributed by atoms with Crippen molar-refractivity contribution < 1.29 is 4.79 Å². The summed E-state index contributed by atoms with van der Waals surface area (Å²) in [5.41, 5.74) is 2.02. The summed E-state index contributed by atoms with van der Waals surface area (Å²) in [6.45, 7) is 13.5. The highest BCUT2D eigenvalue weighted by Gasteiger charge is 2.51. The van der Waals surface area contributed by atoms with Crippen molar-refractivity contribution >= 4 is 28.9 Å². The van der Waals surface area contributed by atoms with Crippen molar-refractivity contribution in [1.29, 1.82) is 0 Å². The predicted molar refractivity (Wildman–Crippen MR) is 128 cm³/mol. The van der Waals surface area contributed by atoms with Crippen molar-refractivity contribution in [2.45, 2.75) is 72.0 Å². The molecule has 2 saturated heterocycles. The van der Waals surface area contributed by atoms with Crippen molar-refractivity contribution in [3.05, 3.63) is 29.8 Å². The van der Waals surface area contributed by atoms with Crippen molar-refractivity contribution in [2.75, 3.05) is 25.0 Å². The predicted octanol–water partition coefficient (Wildman–Crippen LogP) is 4.38. The number of rotatable bonds is 6. The first-order chi connectivity index (χ1) is 14.2. The Kier molecular flexibility index (Phi) is 7.40. The fourth-order valence-corrected chi connectivity index (χ4v) is 4.92. The van der Waals surface area contributed by atoms with E-state index in [4.69, 9.17) is 12.2 Å². The topological polar surface area (TPSA) is 47.6 Å². The third kappa shape index (κ3) is 5.14. The average Bonchev–Trinajstić information content (AvgIpc) is 2.93. The van der Waals surface area contributed by atoms with Gasteiger partial charge < -0.3 is 15.1 Å². The van der Waals surface area contributed by atoms with E-state index in [0.29, 0.717) is 11.8 Å². The molecule has 30 heavy (non-hydrogen) atoms. The minimum Gasteiger partial charge on any atom is -0.349 e. The van der Waals surface area contributed by atoms with Gasteiger partial charge in [0, 0.05) is 38.2 Å². The van der Waals surface area contributed by atoms with E-state index in [0.717, 1.165) is 56.1 Å². The maximum absolute atomic E-state index is 13.3. The second-order valence-corrected chi connectivity index (χ2v) is 9.99. The minimum atomic E-state index is -0.227. The lowest BCUT2D eigenvalue weighted by atomic mass is 9.94. The van der Waals surface area contributed by atoms with E-state index >= 15 is 0 Å². The first-order valence-electron chi connectivity index (χ1n) is 11.5. The average molecular weight is 431 g/mol. The van der Waals surface area contributed by atoms with Gasteiger partial charge in [-0.2, -0.15) is 0 Å². The molecule has 0 radical (unpaired) electrons. The lowest BCUT2D eigenvalue weighted by Gasteiger charge is -2.46. The lowest BCUT2D eigenvalue weighted by Crippen LogP contribution is -2.60. The molecule has 0 bridgehead atoms. The van der Waals surface area contributed by atoms with Crippen LogP contribution in [0.3, 0.4) is 0 Å². The van der Waals surface area contributed by atoms with Crippen LogP contribution in [0.4, 0.5) is 5.69 Å². The number of piperidine rings is 1. The molecule has 2 fully saturated rings. The molecule has 1 aromatic rings. The Morgan fingerprint density at radius 2 is 2.00 bits per heavy atom. The van der Waals surface area contributed by atoms with Gasteiger partial charge in [0.05, 0.1) is 11.7 Å². The van der Waals surface area contributed by atoms with E-state index in [9.17, 15) is 4.79 Å². The van der Waals surface area contributed by atoms with Crippen LogP contribution in [0.25, 0.3) is 0 Å². The van der Waals surface area contributed by atoms with Crippen molar-refractivity contribution in [1.82, 2.24) is 15.1 Å². The van der Waals surface area contributed by atoms with Crippen LogP contribution in [-0.2, 0) is 4.79 Å². The molecule has 0 aliphatic carbocycles. The number of aryl methyl sites for hydroxylation is 1. The molecule has 2 N–H and O–H groups in total. The molecular formula is C24H38N4OS. The van der Waals surface area contributed by atoms with Gasteiger partial charge in [-0.15, -0.1) is 0 Å². The van der Waals surface area contributed by atoms with Crippen LogP contribution in [0.2, 0.25) is 0 Å². The Labute approximate surface area is 187 Å². The summed E-state index contributed by atoms with van der Waals surface area (Å²) in [7, 11) is 0. The molecule has 0 aromatic heterocycles. The van der Waals surface area contributed by atoms with Crippen LogP contribution >= 0.6 is 12.2 Å². The zero-order valence-corrected chi connectivity index (χ0v) is 20.0. The Morgan fingerprint density at radius 1 is 1.30 bits per heavy atom. The molecular weight excluding hydrogens is 392 g/mol. The zero-order valence-electron chi connectivity index (χ0n) is 19.2. The molecule has 2 heterocycles. The monoisotopic (exact) mass is 430 g/mol. The SMILES string of the molecule is CC[C@H](C)CN1C(=O)[C@@H](CC(C)C)NC12CCN(C(=S)Nc1cccc(C)c1)CC2. The summed E-state index contributed by atoms with van der Waals surface area (Å²) < 4.78 is 0. The maximum atomic E-state index is 13.3. The number of hydrogen-bond acceptors (Lipinski definition) is 3. The number of nitrogens with zero attached hydrogens (tertiary/aromatic N) is 2. The van der Waals surface area contributed by atoms with Gasteiger partial charge in [-0.25, -0.2) is 0 Å². The van der Waals surface area contributed by atoms with Crippen LogP contribution in [-0.4, -0.2) is 52.2 Å². The normalized spacial score (nSPS) is 22.1. The van der Waals surface area contributed by atoms with E-state index in [1.165, 1.54) is 5.56 Å². The largest absolute Gasteiger partial charge is 0.349 e. The number of amides is 1. The summed E-state index contributed by atoms with van der Waals surface area (Å²) in [6, 6.07) is 8.23. The van der Waals surface area contributed by atoms with Crippen LogP contribution < -0.4 is 10.6 Å². The fourth-order valence-electron chi connectivity index (χ4n) is 4.62. The maximum Gasteiger partial charge on any atom is 0.241 e. The van der Waals surface area contributed by atoms with Crippen LogP contribution in [0.15, 0.2) is 24.3 Å². The van der Waals surface area contributed by atoms with Crippen LogP contribution in [0.5, 0.6) is 0 Å². The molecule has 2 aliphatic rings. The number of nitrogens with one attached hydrogen (secondary N) is 2. The van der Waals surface area contributed by atoms with E-state index in [1.807, 2.05) is 12.1 Å². The van der Waals surface area contributed by atoms with Gasteiger partial charge in [0.2, 0.25) is 5.91 Å². The van der Waals surface area contributed by atoms with Crippen LogP contribution in [0.1, 0.15) is 58.9 Å². The zero-order chi connectivity index (χ0) is 21.9. The number of thiocarbonyl (C=S) groups is 1. The molecule has 0 saturated carbocycles. The molecule has 6 heteroatoms. The molecule has 2 aliphatic heterocycles. The number of carbonyl (C=O) groups excluding carboxylic acids is 1. The second-order valence-electron chi connectivity index (χ2n) is 9.61. The molecule has 1 amide bonds. The van der Waals surface area contributed by atoms with Crippen molar-refractivity contribution in [3.8, 4) is 0 Å². The summed E-state index contributed by atoms with van der Waals surface area (Å²) in [5, 5.41) is 7.92. The number of anilines is 1. The van der Waals surface area contributed by atoms with Crippen molar-refractivity contribution in [2.24, 2.45) is 11.8 Å². The molecule has 3 rings (SSSR count). The van der Waals surface area contributed by atoms with Gasteiger partial charge in [0.25, 0.3) is 0 Å². The molecule has 1 aromatic carbocycles. The van der Waals surface area contributed by atoms with E-state index in [1.54, 1.807) is 0 Å². The smallest absolute Gasteiger partial charge is 0.241 e. The third-order valence-corrected chi connectivity index (χ3v) is 6.93. The standard InChI is InChI=1S/C24H38N4OS/c1-6-18(4)16-28-22(29)21(14-17(2)3)26-24(28)10-12-27(13-11-24)23(30)25-20-9-7-8-19(5)15-20/h7-9,15,17-18,21,26H,6,10-14,16H2,1-5H3,(H,25,30)/t18-,21+/m0/s1. The van der Waals surface area contributed by atoms with Gasteiger partial charge in [-0.3, -0.25) is 10.1 Å². The van der Waals surface area contributed by atoms with E-state index in [2.05, 4.69) is 67.2 Å². The Bertz CT molecular complexity index is 757. The van der Waals surface area contributed by atoms with Crippen LogP contribution in [0, 0.1) is 18.8 Å². The Balaban J connectivity index is 1.68. The molecule has 166 valence electrons. The highest BCUT2D eigenvalue weighted by Crippen LogP contribution is 2.35. The van der Waals surface area contributed by atoms with Gasteiger partial charge in [0.15, 0.2) is 5.11 Å². The minimum absolute atomic E-state index is 0.0574. The number of likely N-dealkylation sites (tertiary alicyclic amines) is 1. The highest BCUT2D eigenvalue weighted by molar-refractivity contribution is 7.80.